The molecule has 0 N–H and O–H groups in total. The molecular weight excluding hydrogens is 214 g/mol. The maximum absolute atomic E-state index is 11.9. The number of ether oxygens (including phenoxy) is 1. The van der Waals surface area contributed by atoms with Gasteiger partial charge < -0.3 is 4.74 Å². The molecule has 1 aromatic heterocycles. The van der Waals surface area contributed by atoms with Crippen LogP contribution in [0.5, 0.6) is 0 Å². The molecule has 1 aliphatic carbocycles. The minimum atomic E-state index is -0.281. The minimum absolute atomic E-state index is 0.0216. The number of hydrogen-bond donors (Lipinski definition) is 0. The highest BCUT2D eigenvalue weighted by Crippen LogP contribution is 2.37. The van der Waals surface area contributed by atoms with E-state index < -0.39 is 0 Å². The lowest BCUT2D eigenvalue weighted by Crippen LogP contribution is -2.38. The molecule has 1 heterocycles. The first-order chi connectivity index (χ1) is 7.24. The third kappa shape index (κ3) is 1.79. The highest BCUT2D eigenvalue weighted by atomic mass is 32.1. The van der Waals surface area contributed by atoms with Crippen LogP contribution >= 0.6 is 11.3 Å². The van der Waals surface area contributed by atoms with Gasteiger partial charge in [0.1, 0.15) is 0 Å². The van der Waals surface area contributed by atoms with Crippen LogP contribution in [0.15, 0.2) is 11.6 Å². The molecule has 2 atom stereocenters. The van der Waals surface area contributed by atoms with Crippen LogP contribution in [0, 0.1) is 11.8 Å². The van der Waals surface area contributed by atoms with Crippen molar-refractivity contribution in [3.05, 3.63) is 16.6 Å². The number of nitrogens with zero attached hydrogens (tertiary/aromatic N) is 1. The topological polar surface area (TPSA) is 56.3 Å². The number of carbonyl (C=O) groups excluding carboxylic acids is 2. The number of rotatable bonds is 3. The van der Waals surface area contributed by atoms with Crippen LogP contribution in [0.2, 0.25) is 0 Å². The molecule has 1 saturated carbocycles. The molecule has 0 unspecified atom stereocenters. The quantitative estimate of drug-likeness (QED) is 0.578. The molecule has 4 nitrogen and oxygen atoms in total. The van der Waals surface area contributed by atoms with E-state index in [9.17, 15) is 9.59 Å². The van der Waals surface area contributed by atoms with Gasteiger partial charge in [-0.2, -0.15) is 0 Å². The van der Waals surface area contributed by atoms with Crippen LogP contribution < -0.4 is 0 Å². The molecule has 0 saturated heterocycles. The van der Waals surface area contributed by atoms with Gasteiger partial charge >= 0.3 is 5.97 Å². The zero-order valence-electron chi connectivity index (χ0n) is 8.30. The predicted octanol–water partition coefficient (Wildman–Crippen LogP) is 1.52. The summed E-state index contributed by atoms with van der Waals surface area (Å²) in [6.07, 6.45) is 3.11. The SMILES string of the molecule is COC(=O)[C@@H]1CC[C@H]1C(=O)c1nccs1. The fourth-order valence-corrected chi connectivity index (χ4v) is 2.39. The second kappa shape index (κ2) is 4.10. The third-order valence-corrected chi connectivity index (χ3v) is 3.55. The lowest BCUT2D eigenvalue weighted by Gasteiger charge is -2.32. The Hall–Kier alpha value is -1.23. The van der Waals surface area contributed by atoms with Gasteiger partial charge in [-0.05, 0) is 12.8 Å². The van der Waals surface area contributed by atoms with Crippen molar-refractivity contribution in [2.45, 2.75) is 12.8 Å². The van der Waals surface area contributed by atoms with E-state index in [1.165, 1.54) is 18.4 Å². The Labute approximate surface area is 91.3 Å². The van der Waals surface area contributed by atoms with Crippen LogP contribution in [-0.4, -0.2) is 23.8 Å². The highest BCUT2D eigenvalue weighted by molar-refractivity contribution is 7.11. The van der Waals surface area contributed by atoms with Crippen molar-refractivity contribution >= 4 is 23.1 Å². The molecule has 0 spiro atoms. The number of ketones is 1. The summed E-state index contributed by atoms with van der Waals surface area (Å²) in [5.41, 5.74) is 0. The maximum Gasteiger partial charge on any atom is 0.309 e. The Morgan fingerprint density at radius 1 is 1.47 bits per heavy atom. The number of carbonyl (C=O) groups is 2. The summed E-state index contributed by atoms with van der Waals surface area (Å²) in [5, 5.41) is 2.26. The number of methoxy groups -OCH3 is 1. The van der Waals surface area contributed by atoms with Crippen LogP contribution in [0.4, 0.5) is 0 Å². The van der Waals surface area contributed by atoms with E-state index in [1.807, 2.05) is 0 Å². The normalized spacial score (nSPS) is 24.3. The van der Waals surface area contributed by atoms with Gasteiger partial charge in [0.05, 0.1) is 13.0 Å². The molecule has 1 fully saturated rings. The van der Waals surface area contributed by atoms with Crippen molar-refractivity contribution in [3.8, 4) is 0 Å². The summed E-state index contributed by atoms with van der Waals surface area (Å²) in [7, 11) is 1.35. The average Bonchev–Trinajstić information content (AvgIpc) is 2.68. The monoisotopic (exact) mass is 225 g/mol. The number of thiazole rings is 1. The zero-order valence-corrected chi connectivity index (χ0v) is 9.12. The smallest absolute Gasteiger partial charge is 0.309 e. The average molecular weight is 225 g/mol. The fraction of sp³-hybridized carbons (Fsp3) is 0.500. The molecule has 0 aromatic carbocycles. The third-order valence-electron chi connectivity index (χ3n) is 2.76. The van der Waals surface area contributed by atoms with Crippen LogP contribution in [-0.2, 0) is 9.53 Å². The molecule has 0 bridgehead atoms. The van der Waals surface area contributed by atoms with Crippen LogP contribution in [0.1, 0.15) is 22.6 Å². The Balaban J connectivity index is 2.06. The standard InChI is InChI=1S/C10H11NO3S/c1-14-10(13)7-3-2-6(7)8(12)9-11-4-5-15-9/h4-7H,2-3H2,1H3/t6-,7-/m1/s1. The van der Waals surface area contributed by atoms with Crippen LogP contribution in [0.3, 0.4) is 0 Å². The van der Waals surface area contributed by atoms with Crippen molar-refractivity contribution in [1.29, 1.82) is 0 Å². The zero-order chi connectivity index (χ0) is 10.8. The summed E-state index contributed by atoms with van der Waals surface area (Å²) in [6, 6.07) is 0. The second-order valence-electron chi connectivity index (χ2n) is 3.52. The lowest BCUT2D eigenvalue weighted by atomic mass is 9.71. The van der Waals surface area contributed by atoms with Crippen molar-refractivity contribution in [2.75, 3.05) is 7.11 Å². The predicted molar refractivity (Wildman–Crippen MR) is 54.7 cm³/mol. The first kappa shape index (κ1) is 10.3. The number of esters is 1. The number of aromatic nitrogens is 1. The van der Waals surface area contributed by atoms with Gasteiger partial charge in [-0.15, -0.1) is 11.3 Å². The molecule has 15 heavy (non-hydrogen) atoms. The van der Waals surface area contributed by atoms with Crippen molar-refractivity contribution in [2.24, 2.45) is 11.8 Å². The molecular formula is C10H11NO3S. The van der Waals surface area contributed by atoms with Gasteiger partial charge in [0, 0.05) is 17.5 Å². The van der Waals surface area contributed by atoms with Crippen molar-refractivity contribution in [3.63, 3.8) is 0 Å². The highest BCUT2D eigenvalue weighted by Gasteiger charge is 2.42. The summed E-state index contributed by atoms with van der Waals surface area (Å²) < 4.78 is 4.64. The summed E-state index contributed by atoms with van der Waals surface area (Å²) in [6.45, 7) is 0. The van der Waals surface area contributed by atoms with Gasteiger partial charge in [-0.1, -0.05) is 0 Å². The number of hydrogen-bond acceptors (Lipinski definition) is 5. The first-order valence-electron chi connectivity index (χ1n) is 4.75. The Morgan fingerprint density at radius 3 is 2.67 bits per heavy atom. The molecule has 80 valence electrons. The summed E-state index contributed by atoms with van der Waals surface area (Å²) in [4.78, 5) is 27.1. The van der Waals surface area contributed by atoms with Gasteiger partial charge in [-0.25, -0.2) is 4.98 Å². The second-order valence-corrected chi connectivity index (χ2v) is 4.41. The molecule has 0 aliphatic heterocycles. The molecule has 1 aliphatic rings. The molecule has 2 rings (SSSR count). The molecule has 0 amide bonds. The Morgan fingerprint density at radius 2 is 2.20 bits per heavy atom. The largest absolute Gasteiger partial charge is 0.469 e. The van der Waals surface area contributed by atoms with Gasteiger partial charge in [-0.3, -0.25) is 9.59 Å². The van der Waals surface area contributed by atoms with Crippen LogP contribution in [0.25, 0.3) is 0 Å². The number of Topliss-reactive ketones (excluding diaryl/α,β-unsaturated/α-hetero) is 1. The summed E-state index contributed by atoms with van der Waals surface area (Å²) >= 11 is 1.32. The van der Waals surface area contributed by atoms with Crippen molar-refractivity contribution < 1.29 is 14.3 Å². The molecule has 5 heteroatoms. The summed E-state index contributed by atoms with van der Waals surface area (Å²) in [5.74, 6) is -0.780. The van der Waals surface area contributed by atoms with E-state index in [2.05, 4.69) is 9.72 Å². The Bertz CT molecular complexity index is 374. The van der Waals surface area contributed by atoms with E-state index in [-0.39, 0.29) is 23.6 Å². The van der Waals surface area contributed by atoms with E-state index in [1.54, 1.807) is 11.6 Å². The van der Waals surface area contributed by atoms with Gasteiger partial charge in [0.15, 0.2) is 10.8 Å². The minimum Gasteiger partial charge on any atom is -0.469 e. The van der Waals surface area contributed by atoms with Crippen molar-refractivity contribution in [1.82, 2.24) is 4.98 Å². The first-order valence-corrected chi connectivity index (χ1v) is 5.63. The Kier molecular flexibility index (Phi) is 2.81. The lowest BCUT2D eigenvalue weighted by molar-refractivity contribution is -0.150. The fourth-order valence-electron chi connectivity index (χ4n) is 1.75. The molecule has 0 radical (unpaired) electrons. The van der Waals surface area contributed by atoms with E-state index in [4.69, 9.17) is 0 Å². The van der Waals surface area contributed by atoms with Gasteiger partial charge in [0.2, 0.25) is 0 Å². The van der Waals surface area contributed by atoms with E-state index >= 15 is 0 Å². The van der Waals surface area contributed by atoms with E-state index in [0.717, 1.165) is 12.8 Å². The van der Waals surface area contributed by atoms with Gasteiger partial charge in [0.25, 0.3) is 0 Å². The van der Waals surface area contributed by atoms with E-state index in [0.29, 0.717) is 5.01 Å². The maximum atomic E-state index is 11.9. The molecule has 1 aromatic rings.